The molecule has 1 unspecified atom stereocenters. The largest absolute Gasteiger partial charge is 0.349 e. The minimum atomic E-state index is -0.387. The van der Waals surface area contributed by atoms with Crippen molar-refractivity contribution in [3.8, 4) is 0 Å². The van der Waals surface area contributed by atoms with Crippen LogP contribution in [0.3, 0.4) is 0 Å². The Hall–Kier alpha value is -1.42. The maximum atomic E-state index is 12.0. The number of rotatable bonds is 5. The Morgan fingerprint density at radius 1 is 1.45 bits per heavy atom. The molecule has 1 fully saturated rings. The van der Waals surface area contributed by atoms with E-state index in [1.165, 1.54) is 32.1 Å². The molecule has 1 amide bonds. The Labute approximate surface area is 121 Å². The van der Waals surface area contributed by atoms with Crippen LogP contribution < -0.4 is 11.1 Å². The van der Waals surface area contributed by atoms with E-state index in [-0.39, 0.29) is 11.9 Å². The van der Waals surface area contributed by atoms with Crippen LogP contribution in [0.15, 0.2) is 18.3 Å². The third-order valence-corrected chi connectivity index (χ3v) is 4.20. The average Bonchev–Trinajstić information content (AvgIpc) is 2.47. The molecule has 4 nitrogen and oxygen atoms in total. The molecule has 0 aromatic carbocycles. The summed E-state index contributed by atoms with van der Waals surface area (Å²) < 4.78 is 0. The Balaban J connectivity index is 1.77. The minimum absolute atomic E-state index is 0.0550. The first kappa shape index (κ1) is 15.0. The second kappa shape index (κ2) is 7.39. The van der Waals surface area contributed by atoms with Gasteiger partial charge in [-0.25, -0.2) is 0 Å². The summed E-state index contributed by atoms with van der Waals surface area (Å²) in [6, 6.07) is 3.51. The van der Waals surface area contributed by atoms with Crippen molar-refractivity contribution in [2.75, 3.05) is 0 Å². The number of nitrogens with two attached hydrogens (primary N) is 1. The highest BCUT2D eigenvalue weighted by Gasteiger charge is 2.21. The molecular formula is C16H25N3O. The normalized spacial score (nSPS) is 17.7. The quantitative estimate of drug-likeness (QED) is 0.866. The third-order valence-electron chi connectivity index (χ3n) is 4.20. The predicted molar refractivity (Wildman–Crippen MR) is 80.0 cm³/mol. The van der Waals surface area contributed by atoms with Gasteiger partial charge in [0.2, 0.25) is 5.91 Å². The molecule has 0 saturated heterocycles. The second-order valence-electron chi connectivity index (χ2n) is 5.83. The molecule has 2 rings (SSSR count). The summed E-state index contributed by atoms with van der Waals surface area (Å²) >= 11 is 0. The van der Waals surface area contributed by atoms with Gasteiger partial charge in [-0.3, -0.25) is 9.78 Å². The Bertz CT molecular complexity index is 441. The highest BCUT2D eigenvalue weighted by molar-refractivity contribution is 5.81. The van der Waals surface area contributed by atoms with Crippen molar-refractivity contribution in [1.82, 2.24) is 10.3 Å². The summed E-state index contributed by atoms with van der Waals surface area (Å²) in [5.74, 6) is 0.571. The van der Waals surface area contributed by atoms with E-state index < -0.39 is 0 Å². The number of carbonyl (C=O) groups excluding carboxylic acids is 1. The maximum absolute atomic E-state index is 12.0. The summed E-state index contributed by atoms with van der Waals surface area (Å²) in [5, 5.41) is 2.90. The smallest absolute Gasteiger partial charge is 0.237 e. The van der Waals surface area contributed by atoms with Gasteiger partial charge >= 0.3 is 0 Å². The average molecular weight is 275 g/mol. The molecule has 1 atom stereocenters. The van der Waals surface area contributed by atoms with Crippen molar-refractivity contribution < 1.29 is 4.79 Å². The number of hydrogen-bond donors (Lipinski definition) is 2. The molecule has 1 aromatic heterocycles. The zero-order valence-electron chi connectivity index (χ0n) is 12.3. The zero-order valence-corrected chi connectivity index (χ0v) is 12.3. The molecule has 20 heavy (non-hydrogen) atoms. The highest BCUT2D eigenvalue weighted by atomic mass is 16.2. The lowest BCUT2D eigenvalue weighted by atomic mass is 9.85. The van der Waals surface area contributed by atoms with Crippen LogP contribution in [0, 0.1) is 12.8 Å². The number of nitrogens with one attached hydrogen (secondary N) is 1. The van der Waals surface area contributed by atoms with Gasteiger partial charge in [0.25, 0.3) is 0 Å². The summed E-state index contributed by atoms with van der Waals surface area (Å²) in [7, 11) is 0. The maximum Gasteiger partial charge on any atom is 0.237 e. The van der Waals surface area contributed by atoms with Crippen LogP contribution in [0.2, 0.25) is 0 Å². The molecule has 1 heterocycles. The van der Waals surface area contributed by atoms with Crippen LogP contribution in [0.4, 0.5) is 0 Å². The van der Waals surface area contributed by atoms with Gasteiger partial charge in [0.1, 0.15) is 0 Å². The van der Waals surface area contributed by atoms with E-state index in [2.05, 4.69) is 10.3 Å². The topological polar surface area (TPSA) is 68.0 Å². The molecule has 0 aliphatic heterocycles. The molecule has 1 aromatic rings. The Morgan fingerprint density at radius 2 is 2.20 bits per heavy atom. The van der Waals surface area contributed by atoms with Crippen molar-refractivity contribution in [1.29, 1.82) is 0 Å². The number of amides is 1. The molecule has 1 aliphatic rings. The van der Waals surface area contributed by atoms with Crippen LogP contribution in [0.5, 0.6) is 0 Å². The van der Waals surface area contributed by atoms with E-state index in [1.807, 2.05) is 19.1 Å². The monoisotopic (exact) mass is 275 g/mol. The van der Waals surface area contributed by atoms with Crippen LogP contribution in [-0.4, -0.2) is 16.9 Å². The lowest BCUT2D eigenvalue weighted by molar-refractivity contribution is -0.123. The van der Waals surface area contributed by atoms with Crippen molar-refractivity contribution in [3.63, 3.8) is 0 Å². The van der Waals surface area contributed by atoms with Gasteiger partial charge in [-0.1, -0.05) is 38.2 Å². The van der Waals surface area contributed by atoms with Crippen molar-refractivity contribution in [2.45, 2.75) is 58.0 Å². The number of nitrogens with zero attached hydrogens (tertiary/aromatic N) is 1. The predicted octanol–water partition coefficient (Wildman–Crippen LogP) is 2.30. The third kappa shape index (κ3) is 4.30. The molecule has 4 heteroatoms. The zero-order chi connectivity index (χ0) is 14.4. The Morgan fingerprint density at radius 3 is 2.90 bits per heavy atom. The number of pyridine rings is 1. The minimum Gasteiger partial charge on any atom is -0.349 e. The first-order chi connectivity index (χ1) is 9.66. The Kier molecular flexibility index (Phi) is 5.53. The van der Waals surface area contributed by atoms with Gasteiger partial charge < -0.3 is 11.1 Å². The van der Waals surface area contributed by atoms with E-state index >= 15 is 0 Å². The molecule has 0 spiro atoms. The van der Waals surface area contributed by atoms with E-state index in [1.54, 1.807) is 6.20 Å². The standard InChI is InChI=1S/C16H25N3O/c1-12-6-5-9-18-15(12)11-19-16(20)14(17)10-13-7-3-2-4-8-13/h5-6,9,13-14H,2-4,7-8,10-11,17H2,1H3,(H,19,20). The van der Waals surface area contributed by atoms with Crippen molar-refractivity contribution >= 4 is 5.91 Å². The summed E-state index contributed by atoms with van der Waals surface area (Å²) in [5.41, 5.74) is 8.02. The van der Waals surface area contributed by atoms with E-state index in [9.17, 15) is 4.79 Å². The summed E-state index contributed by atoms with van der Waals surface area (Å²) in [4.78, 5) is 16.3. The molecule has 1 aliphatic carbocycles. The summed E-state index contributed by atoms with van der Waals surface area (Å²) in [6.45, 7) is 2.46. The first-order valence-electron chi connectivity index (χ1n) is 7.60. The van der Waals surface area contributed by atoms with Gasteiger partial charge in [0, 0.05) is 6.20 Å². The number of hydrogen-bond acceptors (Lipinski definition) is 3. The second-order valence-corrected chi connectivity index (χ2v) is 5.83. The molecule has 1 saturated carbocycles. The fourth-order valence-corrected chi connectivity index (χ4v) is 2.89. The van der Waals surface area contributed by atoms with Crippen LogP contribution in [-0.2, 0) is 11.3 Å². The SMILES string of the molecule is Cc1cccnc1CNC(=O)C(N)CC1CCCCC1. The number of carbonyl (C=O) groups is 1. The fraction of sp³-hybridized carbons (Fsp3) is 0.625. The molecule has 110 valence electrons. The van der Waals surface area contributed by atoms with Gasteiger partial charge in [-0.05, 0) is 30.9 Å². The number of aryl methyl sites for hydroxylation is 1. The molecule has 0 bridgehead atoms. The molecular weight excluding hydrogens is 250 g/mol. The molecule has 3 N–H and O–H groups in total. The lowest BCUT2D eigenvalue weighted by Gasteiger charge is -2.24. The fourth-order valence-electron chi connectivity index (χ4n) is 2.89. The van der Waals surface area contributed by atoms with Crippen LogP contribution in [0.1, 0.15) is 49.8 Å². The first-order valence-corrected chi connectivity index (χ1v) is 7.60. The van der Waals surface area contributed by atoms with Crippen molar-refractivity contribution in [3.05, 3.63) is 29.6 Å². The highest BCUT2D eigenvalue weighted by Crippen LogP contribution is 2.26. The van der Waals surface area contributed by atoms with Crippen molar-refractivity contribution in [2.24, 2.45) is 11.7 Å². The van der Waals surface area contributed by atoms with Crippen LogP contribution in [0.25, 0.3) is 0 Å². The lowest BCUT2D eigenvalue weighted by Crippen LogP contribution is -2.41. The summed E-state index contributed by atoms with van der Waals surface area (Å²) in [6.07, 6.45) is 8.90. The van der Waals surface area contributed by atoms with Gasteiger partial charge in [0.05, 0.1) is 18.3 Å². The van der Waals surface area contributed by atoms with Gasteiger partial charge in [-0.2, -0.15) is 0 Å². The van der Waals surface area contributed by atoms with Gasteiger partial charge in [-0.15, -0.1) is 0 Å². The molecule has 0 radical (unpaired) electrons. The van der Waals surface area contributed by atoms with E-state index in [0.29, 0.717) is 12.5 Å². The van der Waals surface area contributed by atoms with E-state index in [4.69, 9.17) is 5.73 Å². The van der Waals surface area contributed by atoms with Gasteiger partial charge in [0.15, 0.2) is 0 Å². The van der Waals surface area contributed by atoms with Crippen LogP contribution >= 0.6 is 0 Å². The van der Waals surface area contributed by atoms with E-state index in [0.717, 1.165) is 17.7 Å². The number of aromatic nitrogens is 1.